The molecule has 1 unspecified atom stereocenters. The summed E-state index contributed by atoms with van der Waals surface area (Å²) < 4.78 is 6.05. The van der Waals surface area contributed by atoms with Crippen molar-refractivity contribution in [2.75, 3.05) is 6.54 Å². The predicted octanol–water partition coefficient (Wildman–Crippen LogP) is 4.28. The summed E-state index contributed by atoms with van der Waals surface area (Å²) in [7, 11) is 0. The highest BCUT2D eigenvalue weighted by Crippen LogP contribution is 2.26. The van der Waals surface area contributed by atoms with Gasteiger partial charge in [-0.1, -0.05) is 45.7 Å². The number of hydrogen-bond acceptors (Lipinski definition) is 2. The lowest BCUT2D eigenvalue weighted by Crippen LogP contribution is -2.35. The summed E-state index contributed by atoms with van der Waals surface area (Å²) in [6, 6.07) is 9.20. The molecule has 20 heavy (non-hydrogen) atoms. The number of rotatable bonds is 5. The summed E-state index contributed by atoms with van der Waals surface area (Å²) in [5.41, 5.74) is 1.50. The maximum absolute atomic E-state index is 6.05. The van der Waals surface area contributed by atoms with Crippen LogP contribution in [0, 0.1) is 0 Å². The molecule has 0 radical (unpaired) electrons. The largest absolute Gasteiger partial charge is 0.489 e. The van der Waals surface area contributed by atoms with Crippen LogP contribution in [0.4, 0.5) is 0 Å². The predicted molar refractivity (Wildman–Crippen MR) is 85.5 cm³/mol. The summed E-state index contributed by atoms with van der Waals surface area (Å²) >= 11 is 0. The van der Waals surface area contributed by atoms with Crippen molar-refractivity contribution >= 4 is 0 Å². The average Bonchev–Trinajstić information content (AvgIpc) is 2.89. The Morgan fingerprint density at radius 1 is 1.25 bits per heavy atom. The van der Waals surface area contributed by atoms with Crippen molar-refractivity contribution in [1.29, 1.82) is 0 Å². The summed E-state index contributed by atoms with van der Waals surface area (Å²) in [5, 5.41) is 3.62. The first-order chi connectivity index (χ1) is 9.45. The van der Waals surface area contributed by atoms with Crippen LogP contribution in [0.3, 0.4) is 0 Å². The molecule has 1 atom stereocenters. The second-order valence-electron chi connectivity index (χ2n) is 7.10. The number of benzene rings is 1. The van der Waals surface area contributed by atoms with Crippen LogP contribution in [0.25, 0.3) is 0 Å². The molecule has 0 spiro atoms. The van der Waals surface area contributed by atoms with E-state index in [1.807, 2.05) is 0 Å². The third-order valence-corrected chi connectivity index (χ3v) is 4.09. The SMILES string of the molecule is CC(CNC1CCCC1)Oc1cccc(C(C)(C)C)c1. The van der Waals surface area contributed by atoms with Crippen molar-refractivity contribution < 1.29 is 4.74 Å². The maximum atomic E-state index is 6.05. The van der Waals surface area contributed by atoms with Gasteiger partial charge in [-0.2, -0.15) is 0 Å². The normalized spacial score (nSPS) is 18.2. The van der Waals surface area contributed by atoms with E-state index in [-0.39, 0.29) is 11.5 Å². The highest BCUT2D eigenvalue weighted by Gasteiger charge is 2.17. The average molecular weight is 275 g/mol. The van der Waals surface area contributed by atoms with E-state index in [0.29, 0.717) is 6.04 Å². The Labute approximate surface area is 123 Å². The van der Waals surface area contributed by atoms with E-state index in [4.69, 9.17) is 4.74 Å². The molecular formula is C18H29NO. The summed E-state index contributed by atoms with van der Waals surface area (Å²) in [6.45, 7) is 9.78. The Kier molecular flexibility index (Phi) is 5.09. The molecule has 1 N–H and O–H groups in total. The Balaban J connectivity index is 1.85. The van der Waals surface area contributed by atoms with E-state index in [9.17, 15) is 0 Å². The first kappa shape index (κ1) is 15.4. The van der Waals surface area contributed by atoms with E-state index >= 15 is 0 Å². The Morgan fingerprint density at radius 2 is 1.95 bits per heavy atom. The minimum atomic E-state index is 0.171. The maximum Gasteiger partial charge on any atom is 0.120 e. The number of hydrogen-bond donors (Lipinski definition) is 1. The van der Waals surface area contributed by atoms with Crippen LogP contribution in [0.2, 0.25) is 0 Å². The fourth-order valence-corrected chi connectivity index (χ4v) is 2.77. The molecular weight excluding hydrogens is 246 g/mol. The fourth-order valence-electron chi connectivity index (χ4n) is 2.77. The van der Waals surface area contributed by atoms with Gasteiger partial charge in [-0.15, -0.1) is 0 Å². The standard InChI is InChI=1S/C18H29NO/c1-14(13-19-16-9-5-6-10-16)20-17-11-7-8-15(12-17)18(2,3)4/h7-8,11-12,14,16,19H,5-6,9-10,13H2,1-4H3. The number of ether oxygens (including phenoxy) is 1. The third kappa shape index (κ3) is 4.52. The van der Waals surface area contributed by atoms with Crippen LogP contribution in [0.5, 0.6) is 5.75 Å². The van der Waals surface area contributed by atoms with E-state index in [1.54, 1.807) is 0 Å². The molecule has 1 aromatic carbocycles. The lowest BCUT2D eigenvalue weighted by atomic mass is 9.87. The zero-order valence-corrected chi connectivity index (χ0v) is 13.4. The van der Waals surface area contributed by atoms with Crippen LogP contribution >= 0.6 is 0 Å². The summed E-state index contributed by atoms with van der Waals surface area (Å²) in [6.07, 6.45) is 5.62. The van der Waals surface area contributed by atoms with Gasteiger partial charge in [0, 0.05) is 12.6 Å². The van der Waals surface area contributed by atoms with Gasteiger partial charge in [-0.3, -0.25) is 0 Å². The van der Waals surface area contributed by atoms with Gasteiger partial charge in [0.05, 0.1) is 0 Å². The van der Waals surface area contributed by atoms with Crippen molar-refractivity contribution in [1.82, 2.24) is 5.32 Å². The van der Waals surface area contributed by atoms with Gasteiger partial charge in [-0.05, 0) is 42.9 Å². The Hall–Kier alpha value is -1.02. The lowest BCUT2D eigenvalue weighted by Gasteiger charge is -2.22. The van der Waals surface area contributed by atoms with Crippen molar-refractivity contribution in [2.24, 2.45) is 0 Å². The van der Waals surface area contributed by atoms with Gasteiger partial charge in [0.25, 0.3) is 0 Å². The summed E-state index contributed by atoms with van der Waals surface area (Å²) in [5.74, 6) is 0.984. The highest BCUT2D eigenvalue weighted by atomic mass is 16.5. The first-order valence-electron chi connectivity index (χ1n) is 7.96. The van der Waals surface area contributed by atoms with E-state index in [0.717, 1.165) is 12.3 Å². The molecule has 1 aromatic rings. The molecule has 2 heteroatoms. The van der Waals surface area contributed by atoms with Crippen LogP contribution in [-0.4, -0.2) is 18.7 Å². The van der Waals surface area contributed by atoms with Gasteiger partial charge in [-0.25, -0.2) is 0 Å². The van der Waals surface area contributed by atoms with Gasteiger partial charge in [0.2, 0.25) is 0 Å². The molecule has 2 nitrogen and oxygen atoms in total. The quantitative estimate of drug-likeness (QED) is 0.866. The molecule has 0 heterocycles. The molecule has 1 aliphatic rings. The Bertz CT molecular complexity index is 416. The van der Waals surface area contributed by atoms with Crippen LogP contribution in [0.1, 0.15) is 58.9 Å². The van der Waals surface area contributed by atoms with Crippen molar-refractivity contribution in [2.45, 2.75) is 70.9 Å². The van der Waals surface area contributed by atoms with Crippen molar-refractivity contribution in [3.63, 3.8) is 0 Å². The van der Waals surface area contributed by atoms with Gasteiger partial charge < -0.3 is 10.1 Å². The molecule has 0 aromatic heterocycles. The van der Waals surface area contributed by atoms with Crippen molar-refractivity contribution in [3.8, 4) is 5.75 Å². The highest BCUT2D eigenvalue weighted by molar-refractivity contribution is 5.32. The molecule has 0 bridgehead atoms. The lowest BCUT2D eigenvalue weighted by molar-refractivity contribution is 0.211. The van der Waals surface area contributed by atoms with Crippen LogP contribution in [-0.2, 0) is 5.41 Å². The zero-order valence-electron chi connectivity index (χ0n) is 13.4. The molecule has 2 rings (SSSR count). The van der Waals surface area contributed by atoms with Gasteiger partial charge in [0.15, 0.2) is 0 Å². The number of nitrogens with one attached hydrogen (secondary N) is 1. The third-order valence-electron chi connectivity index (χ3n) is 4.09. The van der Waals surface area contributed by atoms with Gasteiger partial charge >= 0.3 is 0 Å². The summed E-state index contributed by atoms with van der Waals surface area (Å²) in [4.78, 5) is 0. The molecule has 0 aliphatic heterocycles. The Morgan fingerprint density at radius 3 is 2.60 bits per heavy atom. The van der Waals surface area contributed by atoms with E-state index in [2.05, 4.69) is 57.3 Å². The molecule has 0 amide bonds. The van der Waals surface area contributed by atoms with E-state index in [1.165, 1.54) is 31.2 Å². The molecule has 0 saturated heterocycles. The minimum Gasteiger partial charge on any atom is -0.489 e. The molecule has 1 fully saturated rings. The van der Waals surface area contributed by atoms with Crippen molar-refractivity contribution in [3.05, 3.63) is 29.8 Å². The molecule has 1 aliphatic carbocycles. The monoisotopic (exact) mass is 275 g/mol. The first-order valence-corrected chi connectivity index (χ1v) is 7.96. The van der Waals surface area contributed by atoms with E-state index < -0.39 is 0 Å². The molecule has 1 saturated carbocycles. The minimum absolute atomic E-state index is 0.171. The zero-order chi connectivity index (χ0) is 14.6. The second kappa shape index (κ2) is 6.62. The topological polar surface area (TPSA) is 21.3 Å². The molecule has 112 valence electrons. The van der Waals surface area contributed by atoms with Crippen LogP contribution < -0.4 is 10.1 Å². The fraction of sp³-hybridized carbons (Fsp3) is 0.667. The smallest absolute Gasteiger partial charge is 0.120 e. The van der Waals surface area contributed by atoms with Crippen LogP contribution in [0.15, 0.2) is 24.3 Å². The second-order valence-corrected chi connectivity index (χ2v) is 7.10. The van der Waals surface area contributed by atoms with Gasteiger partial charge in [0.1, 0.15) is 11.9 Å².